The maximum absolute atomic E-state index is 13.1. The predicted octanol–water partition coefficient (Wildman–Crippen LogP) is 3.67. The molecule has 1 N–H and O–H groups in total. The van der Waals surface area contributed by atoms with Gasteiger partial charge in [-0.1, -0.05) is 19.4 Å². The van der Waals surface area contributed by atoms with Gasteiger partial charge in [0.15, 0.2) is 6.10 Å². The van der Waals surface area contributed by atoms with Crippen LogP contribution in [0.3, 0.4) is 0 Å². The van der Waals surface area contributed by atoms with Crippen LogP contribution in [-0.2, 0) is 14.8 Å². The van der Waals surface area contributed by atoms with Crippen molar-refractivity contribution in [2.75, 3.05) is 32.6 Å². The number of hydrogen-bond donors (Lipinski definition) is 1. The second-order valence-electron chi connectivity index (χ2n) is 7.51. The molecule has 8 nitrogen and oxygen atoms in total. The van der Waals surface area contributed by atoms with Crippen molar-refractivity contribution in [2.45, 2.75) is 43.6 Å². The van der Waals surface area contributed by atoms with Crippen molar-refractivity contribution < 1.29 is 27.4 Å². The van der Waals surface area contributed by atoms with Crippen LogP contribution in [0.5, 0.6) is 17.2 Å². The van der Waals surface area contributed by atoms with Crippen LogP contribution in [-0.4, -0.2) is 52.0 Å². The van der Waals surface area contributed by atoms with Gasteiger partial charge in [-0.05, 0) is 49.6 Å². The summed E-state index contributed by atoms with van der Waals surface area (Å²) < 4.78 is 44.0. The summed E-state index contributed by atoms with van der Waals surface area (Å²) in [4.78, 5) is 13.1. The third-order valence-corrected chi connectivity index (χ3v) is 7.26. The third kappa shape index (κ3) is 5.52. The van der Waals surface area contributed by atoms with Crippen LogP contribution in [0.25, 0.3) is 0 Å². The molecule has 0 unspecified atom stereocenters. The molecule has 32 heavy (non-hydrogen) atoms. The first kappa shape index (κ1) is 23.9. The Kier molecular flexibility index (Phi) is 7.98. The molecule has 3 rings (SSSR count). The lowest BCUT2D eigenvalue weighted by Crippen LogP contribution is -2.35. The molecular weight excluding hydrogens is 432 g/mol. The van der Waals surface area contributed by atoms with E-state index in [1.807, 2.05) is 6.92 Å². The average molecular weight is 463 g/mol. The number of carbonyl (C=O) groups is 1. The van der Waals surface area contributed by atoms with Gasteiger partial charge in [-0.25, -0.2) is 8.42 Å². The maximum atomic E-state index is 13.1. The van der Waals surface area contributed by atoms with Gasteiger partial charge in [-0.3, -0.25) is 4.79 Å². The fraction of sp³-hybridized carbons (Fsp3) is 0.435. The number of nitrogens with one attached hydrogen (secondary N) is 1. The summed E-state index contributed by atoms with van der Waals surface area (Å²) in [5.41, 5.74) is 0.281. The van der Waals surface area contributed by atoms with Crippen LogP contribution in [0.15, 0.2) is 47.4 Å². The summed E-state index contributed by atoms with van der Waals surface area (Å²) in [7, 11) is -0.624. The molecule has 0 spiro atoms. The molecule has 2 aromatic rings. The molecule has 1 heterocycles. The number of ether oxygens (including phenoxy) is 3. The molecular formula is C23H30N2O6S. The number of amides is 1. The number of nitrogens with zero attached hydrogens (tertiary/aromatic N) is 1. The highest BCUT2D eigenvalue weighted by molar-refractivity contribution is 7.89. The molecule has 9 heteroatoms. The molecule has 1 atom stereocenters. The van der Waals surface area contributed by atoms with E-state index in [2.05, 4.69) is 5.32 Å². The van der Waals surface area contributed by atoms with Crippen molar-refractivity contribution in [1.82, 2.24) is 4.31 Å². The smallest absolute Gasteiger partial charge is 0.265 e. The van der Waals surface area contributed by atoms with E-state index in [-0.39, 0.29) is 10.6 Å². The molecule has 0 bridgehead atoms. The zero-order valence-corrected chi connectivity index (χ0v) is 19.5. The molecule has 1 aliphatic rings. The highest BCUT2D eigenvalue weighted by Gasteiger charge is 2.27. The Balaban J connectivity index is 1.81. The van der Waals surface area contributed by atoms with Crippen LogP contribution >= 0.6 is 0 Å². The Hall–Kier alpha value is -2.78. The van der Waals surface area contributed by atoms with Gasteiger partial charge >= 0.3 is 0 Å². The van der Waals surface area contributed by atoms with Crippen LogP contribution in [0, 0.1) is 0 Å². The van der Waals surface area contributed by atoms with Crippen LogP contribution in [0.4, 0.5) is 5.69 Å². The van der Waals surface area contributed by atoms with Gasteiger partial charge in [0.1, 0.15) is 17.2 Å². The first-order valence-corrected chi connectivity index (χ1v) is 12.1. The number of carbonyl (C=O) groups excluding carboxylic acids is 1. The zero-order chi connectivity index (χ0) is 23.1. The van der Waals surface area contributed by atoms with Crippen molar-refractivity contribution in [3.63, 3.8) is 0 Å². The lowest BCUT2D eigenvalue weighted by Gasteiger charge is -2.26. The van der Waals surface area contributed by atoms with Gasteiger partial charge in [0, 0.05) is 19.2 Å². The van der Waals surface area contributed by atoms with Gasteiger partial charge in [0.05, 0.1) is 24.8 Å². The first-order valence-electron chi connectivity index (χ1n) is 10.7. The molecule has 2 aromatic carbocycles. The predicted molar refractivity (Wildman–Crippen MR) is 122 cm³/mol. The van der Waals surface area contributed by atoms with E-state index >= 15 is 0 Å². The highest BCUT2D eigenvalue weighted by atomic mass is 32.2. The van der Waals surface area contributed by atoms with E-state index in [1.54, 1.807) is 37.4 Å². The van der Waals surface area contributed by atoms with Crippen molar-refractivity contribution >= 4 is 21.6 Å². The molecule has 1 aliphatic heterocycles. The Morgan fingerprint density at radius 2 is 1.75 bits per heavy atom. The Morgan fingerprint density at radius 1 is 1.03 bits per heavy atom. The summed E-state index contributed by atoms with van der Waals surface area (Å²) in [6.07, 6.45) is 2.35. The standard InChI is InChI=1S/C23H30N2O6S/c1-4-21(31-18-10-8-9-17(15-18)29-2)23(26)24-20-16-19(11-12-22(20)30-3)32(27,28)25-13-6-5-7-14-25/h8-12,15-16,21H,4-7,13-14H2,1-3H3,(H,24,26)/t21-/m0/s1. The lowest BCUT2D eigenvalue weighted by molar-refractivity contribution is -0.122. The SMILES string of the molecule is CC[C@H](Oc1cccc(OC)c1)C(=O)Nc1cc(S(=O)(=O)N2CCCCC2)ccc1OC. The van der Waals surface area contributed by atoms with E-state index in [0.29, 0.717) is 36.8 Å². The van der Waals surface area contributed by atoms with E-state index < -0.39 is 22.0 Å². The maximum Gasteiger partial charge on any atom is 0.265 e. The zero-order valence-electron chi connectivity index (χ0n) is 18.7. The second-order valence-corrected chi connectivity index (χ2v) is 9.45. The number of methoxy groups -OCH3 is 2. The Labute approximate surface area is 189 Å². The molecule has 0 aromatic heterocycles. The normalized spacial score (nSPS) is 15.6. The number of piperidine rings is 1. The summed E-state index contributed by atoms with van der Waals surface area (Å²) in [5.74, 6) is 1.09. The molecule has 0 saturated carbocycles. The van der Waals surface area contributed by atoms with Crippen molar-refractivity contribution in [3.05, 3.63) is 42.5 Å². The quantitative estimate of drug-likeness (QED) is 0.611. The van der Waals surface area contributed by atoms with Crippen molar-refractivity contribution in [2.24, 2.45) is 0 Å². The van der Waals surface area contributed by atoms with Crippen LogP contribution in [0.1, 0.15) is 32.6 Å². The first-order chi connectivity index (χ1) is 15.4. The van der Waals surface area contributed by atoms with E-state index in [1.165, 1.54) is 23.5 Å². The lowest BCUT2D eigenvalue weighted by atomic mass is 10.2. The van der Waals surface area contributed by atoms with Gasteiger partial charge in [-0.2, -0.15) is 4.31 Å². The largest absolute Gasteiger partial charge is 0.497 e. The van der Waals surface area contributed by atoms with E-state index in [0.717, 1.165) is 19.3 Å². The second kappa shape index (κ2) is 10.7. The summed E-state index contributed by atoms with van der Waals surface area (Å²) in [5, 5.41) is 2.77. The fourth-order valence-electron chi connectivity index (χ4n) is 3.57. The molecule has 0 radical (unpaired) electrons. The molecule has 1 saturated heterocycles. The summed E-state index contributed by atoms with van der Waals surface area (Å²) >= 11 is 0. The van der Waals surface area contributed by atoms with Gasteiger partial charge in [-0.15, -0.1) is 0 Å². The number of anilines is 1. The minimum Gasteiger partial charge on any atom is -0.497 e. The number of sulfonamides is 1. The number of hydrogen-bond acceptors (Lipinski definition) is 6. The average Bonchev–Trinajstić information content (AvgIpc) is 2.83. The van der Waals surface area contributed by atoms with Crippen LogP contribution < -0.4 is 19.5 Å². The minimum absolute atomic E-state index is 0.122. The summed E-state index contributed by atoms with van der Waals surface area (Å²) in [6.45, 7) is 2.84. The van der Waals surface area contributed by atoms with Crippen molar-refractivity contribution in [1.29, 1.82) is 0 Å². The topological polar surface area (TPSA) is 94.2 Å². The summed E-state index contributed by atoms with van der Waals surface area (Å²) in [6, 6.07) is 11.5. The molecule has 0 aliphatic carbocycles. The Bertz CT molecular complexity index is 1030. The van der Waals surface area contributed by atoms with Gasteiger partial charge in [0.2, 0.25) is 10.0 Å². The van der Waals surface area contributed by atoms with Gasteiger partial charge < -0.3 is 19.5 Å². The van der Waals surface area contributed by atoms with Crippen molar-refractivity contribution in [3.8, 4) is 17.2 Å². The molecule has 174 valence electrons. The van der Waals surface area contributed by atoms with Crippen LogP contribution in [0.2, 0.25) is 0 Å². The molecule has 1 fully saturated rings. The Morgan fingerprint density at radius 3 is 2.41 bits per heavy atom. The van der Waals surface area contributed by atoms with E-state index in [4.69, 9.17) is 14.2 Å². The monoisotopic (exact) mass is 462 g/mol. The number of benzene rings is 2. The van der Waals surface area contributed by atoms with Gasteiger partial charge in [0.25, 0.3) is 5.91 Å². The van der Waals surface area contributed by atoms with E-state index in [9.17, 15) is 13.2 Å². The minimum atomic E-state index is -3.65. The number of rotatable bonds is 9. The fourth-order valence-corrected chi connectivity index (χ4v) is 5.12. The molecule has 1 amide bonds. The third-order valence-electron chi connectivity index (χ3n) is 5.36. The highest BCUT2D eigenvalue weighted by Crippen LogP contribution is 2.30.